The number of benzene rings is 1. The number of nitrogens with one attached hydrogen (secondary N) is 1. The van der Waals surface area contributed by atoms with Crippen LogP contribution in [0, 0.1) is 18.7 Å². The SMILES string of the molecule is Cc1ccc([C@H]2CC[C@H](C)CN2C(=O)C(=O)Nc2cncc(C(N)=O)c2)cc1F. The molecule has 1 fully saturated rings. The molecule has 0 unspecified atom stereocenters. The number of hydrogen-bond acceptors (Lipinski definition) is 4. The number of nitrogens with two attached hydrogens (primary N) is 1. The summed E-state index contributed by atoms with van der Waals surface area (Å²) >= 11 is 0. The van der Waals surface area contributed by atoms with E-state index in [1.54, 1.807) is 19.1 Å². The minimum absolute atomic E-state index is 0.120. The molecule has 3 rings (SSSR count). The van der Waals surface area contributed by atoms with Gasteiger partial charge in [0.1, 0.15) is 5.82 Å². The zero-order chi connectivity index (χ0) is 21.1. The molecule has 2 aromatic rings. The van der Waals surface area contributed by atoms with Gasteiger partial charge >= 0.3 is 11.8 Å². The first-order valence-corrected chi connectivity index (χ1v) is 9.39. The number of rotatable bonds is 3. The molecule has 1 saturated heterocycles. The van der Waals surface area contributed by atoms with Crippen molar-refractivity contribution in [2.24, 2.45) is 11.7 Å². The quantitative estimate of drug-likeness (QED) is 0.775. The molecule has 2 heterocycles. The van der Waals surface area contributed by atoms with Crippen molar-refractivity contribution in [2.75, 3.05) is 11.9 Å². The van der Waals surface area contributed by atoms with Gasteiger partial charge in [0.2, 0.25) is 5.91 Å². The number of carbonyl (C=O) groups is 3. The Morgan fingerprint density at radius 1 is 1.21 bits per heavy atom. The fraction of sp³-hybridized carbons (Fsp3) is 0.333. The van der Waals surface area contributed by atoms with Crippen molar-refractivity contribution in [3.8, 4) is 0 Å². The number of likely N-dealkylation sites (tertiary alicyclic amines) is 1. The lowest BCUT2D eigenvalue weighted by Crippen LogP contribution is -2.46. The van der Waals surface area contributed by atoms with Gasteiger partial charge in [-0.2, -0.15) is 0 Å². The predicted molar refractivity (Wildman–Crippen MR) is 105 cm³/mol. The molecule has 0 bridgehead atoms. The molecule has 0 spiro atoms. The number of primary amides is 1. The molecule has 1 aliphatic rings. The number of carbonyl (C=O) groups excluding carboxylic acids is 3. The van der Waals surface area contributed by atoms with Gasteiger partial charge < -0.3 is 16.0 Å². The van der Waals surface area contributed by atoms with Gasteiger partial charge in [-0.1, -0.05) is 19.1 Å². The molecule has 1 aromatic carbocycles. The maximum atomic E-state index is 14.1. The number of amides is 3. The maximum Gasteiger partial charge on any atom is 0.313 e. The van der Waals surface area contributed by atoms with E-state index in [2.05, 4.69) is 10.3 Å². The number of pyridine rings is 1. The number of anilines is 1. The molecule has 0 saturated carbocycles. The monoisotopic (exact) mass is 398 g/mol. The van der Waals surface area contributed by atoms with Crippen LogP contribution >= 0.6 is 0 Å². The van der Waals surface area contributed by atoms with E-state index in [9.17, 15) is 18.8 Å². The third-order valence-corrected chi connectivity index (χ3v) is 5.13. The van der Waals surface area contributed by atoms with Crippen molar-refractivity contribution in [1.29, 1.82) is 0 Å². The van der Waals surface area contributed by atoms with E-state index in [1.165, 1.54) is 29.4 Å². The largest absolute Gasteiger partial charge is 0.366 e. The first kappa shape index (κ1) is 20.4. The number of aromatic nitrogens is 1. The van der Waals surface area contributed by atoms with Crippen LogP contribution in [0.4, 0.5) is 10.1 Å². The van der Waals surface area contributed by atoms with E-state index in [1.807, 2.05) is 6.92 Å². The van der Waals surface area contributed by atoms with Gasteiger partial charge in [0, 0.05) is 12.7 Å². The van der Waals surface area contributed by atoms with Crippen LogP contribution in [0.1, 0.15) is 47.3 Å². The van der Waals surface area contributed by atoms with Gasteiger partial charge in [0.25, 0.3) is 0 Å². The molecule has 1 aliphatic heterocycles. The zero-order valence-electron chi connectivity index (χ0n) is 16.3. The fourth-order valence-electron chi connectivity index (χ4n) is 3.50. The molecule has 8 heteroatoms. The van der Waals surface area contributed by atoms with E-state index >= 15 is 0 Å². The van der Waals surface area contributed by atoms with Crippen LogP contribution in [-0.4, -0.2) is 34.2 Å². The smallest absolute Gasteiger partial charge is 0.313 e. The summed E-state index contributed by atoms with van der Waals surface area (Å²) < 4.78 is 14.1. The number of piperidine rings is 1. The van der Waals surface area contributed by atoms with Gasteiger partial charge in [-0.25, -0.2) is 4.39 Å². The van der Waals surface area contributed by atoms with Crippen LogP contribution in [0.2, 0.25) is 0 Å². The highest BCUT2D eigenvalue weighted by atomic mass is 19.1. The molecule has 0 aliphatic carbocycles. The number of aryl methyl sites for hydroxylation is 1. The van der Waals surface area contributed by atoms with E-state index < -0.39 is 17.7 Å². The first-order valence-electron chi connectivity index (χ1n) is 9.39. The van der Waals surface area contributed by atoms with Gasteiger partial charge in [0.05, 0.1) is 23.5 Å². The topological polar surface area (TPSA) is 105 Å². The van der Waals surface area contributed by atoms with Crippen molar-refractivity contribution in [3.05, 3.63) is 59.2 Å². The third-order valence-electron chi connectivity index (χ3n) is 5.13. The standard InChI is InChI=1S/C21H23FN4O3/c1-12-3-6-18(14-5-4-13(2)17(22)8-14)26(11-12)21(29)20(28)25-16-7-15(19(23)27)9-24-10-16/h4-5,7-10,12,18H,3,6,11H2,1-2H3,(H2,23,27)(H,25,28)/t12-,18+/m0/s1. The molecule has 7 nitrogen and oxygen atoms in total. The first-order chi connectivity index (χ1) is 13.8. The highest BCUT2D eigenvalue weighted by molar-refractivity contribution is 6.39. The highest BCUT2D eigenvalue weighted by Crippen LogP contribution is 2.34. The zero-order valence-corrected chi connectivity index (χ0v) is 16.3. The summed E-state index contributed by atoms with van der Waals surface area (Å²) in [4.78, 5) is 42.1. The van der Waals surface area contributed by atoms with E-state index in [0.717, 1.165) is 6.42 Å². The molecular formula is C21H23FN4O3. The summed E-state index contributed by atoms with van der Waals surface area (Å²) in [6, 6.07) is 5.86. The molecule has 0 radical (unpaired) electrons. The van der Waals surface area contributed by atoms with E-state index in [0.29, 0.717) is 24.1 Å². The summed E-state index contributed by atoms with van der Waals surface area (Å²) in [7, 11) is 0. The second-order valence-corrected chi connectivity index (χ2v) is 7.45. The van der Waals surface area contributed by atoms with Gasteiger partial charge in [-0.15, -0.1) is 0 Å². The molecule has 152 valence electrons. The van der Waals surface area contributed by atoms with Crippen molar-refractivity contribution in [3.63, 3.8) is 0 Å². The number of halogens is 1. The molecule has 2 atom stereocenters. The van der Waals surface area contributed by atoms with Crippen molar-refractivity contribution in [2.45, 2.75) is 32.7 Å². The molecule has 3 amide bonds. The Balaban J connectivity index is 1.81. The van der Waals surface area contributed by atoms with Crippen LogP contribution in [0.5, 0.6) is 0 Å². The second-order valence-electron chi connectivity index (χ2n) is 7.45. The molecule has 1 aromatic heterocycles. The minimum Gasteiger partial charge on any atom is -0.366 e. The molecule has 29 heavy (non-hydrogen) atoms. The summed E-state index contributed by atoms with van der Waals surface area (Å²) in [5.41, 5.74) is 6.72. The second kappa shape index (κ2) is 8.38. The third kappa shape index (κ3) is 4.59. The Morgan fingerprint density at radius 2 is 1.97 bits per heavy atom. The predicted octanol–water partition coefficient (Wildman–Crippen LogP) is 2.57. The Kier molecular flexibility index (Phi) is 5.91. The Morgan fingerprint density at radius 3 is 2.66 bits per heavy atom. The highest BCUT2D eigenvalue weighted by Gasteiger charge is 2.34. The number of nitrogens with zero attached hydrogens (tertiary/aromatic N) is 2. The normalized spacial score (nSPS) is 18.9. The van der Waals surface area contributed by atoms with Crippen LogP contribution < -0.4 is 11.1 Å². The van der Waals surface area contributed by atoms with Crippen molar-refractivity contribution >= 4 is 23.4 Å². The summed E-state index contributed by atoms with van der Waals surface area (Å²) in [6.45, 7) is 4.07. The Labute approximate surface area is 168 Å². The lowest BCUT2D eigenvalue weighted by molar-refractivity contribution is -0.146. The van der Waals surface area contributed by atoms with Gasteiger partial charge in [0.15, 0.2) is 0 Å². The van der Waals surface area contributed by atoms with Crippen molar-refractivity contribution in [1.82, 2.24) is 9.88 Å². The average Bonchev–Trinajstić information content (AvgIpc) is 2.69. The van der Waals surface area contributed by atoms with Crippen LogP contribution in [0.15, 0.2) is 36.7 Å². The van der Waals surface area contributed by atoms with Crippen LogP contribution in [0.3, 0.4) is 0 Å². The van der Waals surface area contributed by atoms with E-state index in [4.69, 9.17) is 5.73 Å². The lowest BCUT2D eigenvalue weighted by Gasteiger charge is -2.38. The van der Waals surface area contributed by atoms with E-state index in [-0.39, 0.29) is 29.0 Å². The minimum atomic E-state index is -0.847. The van der Waals surface area contributed by atoms with Crippen LogP contribution in [0.25, 0.3) is 0 Å². The molecular weight excluding hydrogens is 375 g/mol. The molecule has 3 N–H and O–H groups in total. The lowest BCUT2D eigenvalue weighted by atomic mass is 9.89. The van der Waals surface area contributed by atoms with Gasteiger partial charge in [-0.05, 0) is 48.9 Å². The Hall–Kier alpha value is -3.29. The van der Waals surface area contributed by atoms with Crippen LogP contribution in [-0.2, 0) is 9.59 Å². The number of hydrogen-bond donors (Lipinski definition) is 2. The van der Waals surface area contributed by atoms with Gasteiger partial charge in [-0.3, -0.25) is 19.4 Å². The average molecular weight is 398 g/mol. The summed E-state index contributed by atoms with van der Waals surface area (Å²) in [6.07, 6.45) is 4.11. The summed E-state index contributed by atoms with van der Waals surface area (Å²) in [5.74, 6) is -2.37. The fourth-order valence-corrected chi connectivity index (χ4v) is 3.50. The summed E-state index contributed by atoms with van der Waals surface area (Å²) in [5, 5.41) is 2.47. The van der Waals surface area contributed by atoms with Crippen molar-refractivity contribution < 1.29 is 18.8 Å². The maximum absolute atomic E-state index is 14.1. The Bertz CT molecular complexity index is 963.